The Hall–Kier alpha value is -1.63. The standard InChI is InChI=1S/C23H39N5O/c1-17(2)28-13-18(3)22(16-28)26-23(24-5)25-12-20-7-6-8-21(11-20)15-27-9-10-29-19(4)14-27/h6-8,11,17-19,22H,9-10,12-16H2,1-5H3,(H2,24,25,26). The van der Waals surface area contributed by atoms with Crippen molar-refractivity contribution in [2.24, 2.45) is 10.9 Å². The summed E-state index contributed by atoms with van der Waals surface area (Å²) in [7, 11) is 1.85. The number of hydrogen-bond donors (Lipinski definition) is 2. The number of ether oxygens (including phenoxy) is 1. The van der Waals surface area contributed by atoms with E-state index in [2.05, 4.69) is 77.4 Å². The van der Waals surface area contributed by atoms with Crippen molar-refractivity contribution in [2.75, 3.05) is 39.8 Å². The quantitative estimate of drug-likeness (QED) is 0.566. The number of guanidine groups is 1. The highest BCUT2D eigenvalue weighted by Gasteiger charge is 2.31. The van der Waals surface area contributed by atoms with E-state index in [1.807, 2.05) is 7.05 Å². The van der Waals surface area contributed by atoms with Crippen LogP contribution in [0.3, 0.4) is 0 Å². The maximum absolute atomic E-state index is 5.65. The van der Waals surface area contributed by atoms with E-state index in [0.29, 0.717) is 24.1 Å². The summed E-state index contributed by atoms with van der Waals surface area (Å²) >= 11 is 0. The van der Waals surface area contributed by atoms with Crippen LogP contribution < -0.4 is 10.6 Å². The van der Waals surface area contributed by atoms with Crippen molar-refractivity contribution in [2.45, 2.75) is 59.0 Å². The lowest BCUT2D eigenvalue weighted by Crippen LogP contribution is -2.46. The third kappa shape index (κ3) is 6.43. The van der Waals surface area contributed by atoms with Crippen molar-refractivity contribution in [3.05, 3.63) is 35.4 Å². The fourth-order valence-electron chi connectivity index (χ4n) is 4.30. The predicted molar refractivity (Wildman–Crippen MR) is 120 cm³/mol. The van der Waals surface area contributed by atoms with Gasteiger partial charge >= 0.3 is 0 Å². The van der Waals surface area contributed by atoms with Gasteiger partial charge in [0, 0.05) is 58.4 Å². The Balaban J connectivity index is 1.51. The number of aliphatic imine (C=N–C) groups is 1. The van der Waals surface area contributed by atoms with Crippen LogP contribution in [-0.4, -0.2) is 73.8 Å². The molecule has 6 nitrogen and oxygen atoms in total. The first-order valence-electron chi connectivity index (χ1n) is 11.1. The SMILES string of the molecule is CN=C(NCc1cccc(CN2CCOC(C)C2)c1)NC1CN(C(C)C)CC1C. The van der Waals surface area contributed by atoms with Crippen LogP contribution in [0.1, 0.15) is 38.8 Å². The zero-order chi connectivity index (χ0) is 20.8. The van der Waals surface area contributed by atoms with Crippen LogP contribution in [0.15, 0.2) is 29.3 Å². The number of hydrogen-bond acceptors (Lipinski definition) is 4. The first-order chi connectivity index (χ1) is 13.9. The molecule has 0 saturated carbocycles. The van der Waals surface area contributed by atoms with Crippen LogP contribution in [0.5, 0.6) is 0 Å². The Morgan fingerprint density at radius 3 is 2.69 bits per heavy atom. The minimum Gasteiger partial charge on any atom is -0.376 e. The number of nitrogens with zero attached hydrogens (tertiary/aromatic N) is 3. The summed E-state index contributed by atoms with van der Waals surface area (Å²) in [6.45, 7) is 15.8. The van der Waals surface area contributed by atoms with Crippen LogP contribution in [0.2, 0.25) is 0 Å². The van der Waals surface area contributed by atoms with Crippen LogP contribution in [0.4, 0.5) is 0 Å². The maximum atomic E-state index is 5.65. The van der Waals surface area contributed by atoms with Gasteiger partial charge in [-0.25, -0.2) is 0 Å². The number of morpholine rings is 1. The Kier molecular flexibility index (Phi) is 7.92. The number of likely N-dealkylation sites (tertiary alicyclic amines) is 1. The molecule has 1 aromatic rings. The van der Waals surface area contributed by atoms with Gasteiger partial charge < -0.3 is 15.4 Å². The third-order valence-electron chi connectivity index (χ3n) is 6.10. The van der Waals surface area contributed by atoms with E-state index in [1.165, 1.54) is 11.1 Å². The average Bonchev–Trinajstić information content (AvgIpc) is 3.06. The van der Waals surface area contributed by atoms with Gasteiger partial charge in [0.2, 0.25) is 0 Å². The molecule has 2 aliphatic rings. The molecule has 3 rings (SSSR count). The molecule has 2 fully saturated rings. The topological polar surface area (TPSA) is 52.1 Å². The summed E-state index contributed by atoms with van der Waals surface area (Å²) in [5.41, 5.74) is 2.65. The van der Waals surface area contributed by atoms with Crippen LogP contribution in [-0.2, 0) is 17.8 Å². The Morgan fingerprint density at radius 2 is 2.00 bits per heavy atom. The van der Waals surface area contributed by atoms with Crippen LogP contribution in [0.25, 0.3) is 0 Å². The highest BCUT2D eigenvalue weighted by Crippen LogP contribution is 2.18. The number of nitrogens with one attached hydrogen (secondary N) is 2. The van der Waals surface area contributed by atoms with Gasteiger partial charge in [-0.05, 0) is 37.8 Å². The fraction of sp³-hybridized carbons (Fsp3) is 0.696. The van der Waals surface area contributed by atoms with Gasteiger partial charge in [0.15, 0.2) is 5.96 Å². The van der Waals surface area contributed by atoms with Gasteiger partial charge in [-0.3, -0.25) is 14.8 Å². The molecule has 2 heterocycles. The average molecular weight is 402 g/mol. The van der Waals surface area contributed by atoms with E-state index >= 15 is 0 Å². The van der Waals surface area contributed by atoms with E-state index in [9.17, 15) is 0 Å². The highest BCUT2D eigenvalue weighted by atomic mass is 16.5. The molecule has 0 amide bonds. The molecule has 0 radical (unpaired) electrons. The van der Waals surface area contributed by atoms with Gasteiger partial charge in [-0.15, -0.1) is 0 Å². The summed E-state index contributed by atoms with van der Waals surface area (Å²) in [5, 5.41) is 7.13. The first-order valence-corrected chi connectivity index (χ1v) is 11.1. The zero-order valence-corrected chi connectivity index (χ0v) is 18.8. The largest absolute Gasteiger partial charge is 0.376 e. The molecule has 6 heteroatoms. The molecule has 0 aromatic heterocycles. The Labute approximate surface area is 176 Å². The summed E-state index contributed by atoms with van der Waals surface area (Å²) in [5.74, 6) is 1.51. The van der Waals surface area contributed by atoms with E-state index in [0.717, 1.165) is 51.8 Å². The minimum atomic E-state index is 0.326. The van der Waals surface area contributed by atoms with Gasteiger partial charge in [0.25, 0.3) is 0 Å². The lowest BCUT2D eigenvalue weighted by Gasteiger charge is -2.31. The molecule has 2 saturated heterocycles. The Bertz CT molecular complexity index is 677. The molecule has 3 atom stereocenters. The van der Waals surface area contributed by atoms with Crippen LogP contribution in [0, 0.1) is 5.92 Å². The van der Waals surface area contributed by atoms with E-state index < -0.39 is 0 Å². The van der Waals surface area contributed by atoms with Gasteiger partial charge in [0.05, 0.1) is 12.7 Å². The monoisotopic (exact) mass is 401 g/mol. The Morgan fingerprint density at radius 1 is 1.21 bits per heavy atom. The lowest BCUT2D eigenvalue weighted by atomic mass is 10.1. The maximum Gasteiger partial charge on any atom is 0.191 e. The van der Waals surface area contributed by atoms with Gasteiger partial charge in [-0.1, -0.05) is 31.2 Å². The smallest absolute Gasteiger partial charge is 0.191 e. The summed E-state index contributed by atoms with van der Waals surface area (Å²) in [6, 6.07) is 9.90. The van der Waals surface area contributed by atoms with Crippen molar-refractivity contribution < 1.29 is 4.74 Å². The predicted octanol–water partition coefficient (Wildman–Crippen LogP) is 2.30. The van der Waals surface area contributed by atoms with E-state index in [-0.39, 0.29) is 0 Å². The lowest BCUT2D eigenvalue weighted by molar-refractivity contribution is -0.0212. The van der Waals surface area contributed by atoms with Crippen molar-refractivity contribution in [1.29, 1.82) is 0 Å². The second-order valence-corrected chi connectivity index (χ2v) is 8.94. The van der Waals surface area contributed by atoms with Gasteiger partial charge in [-0.2, -0.15) is 0 Å². The summed E-state index contributed by atoms with van der Waals surface area (Å²) in [6.07, 6.45) is 0.326. The molecule has 0 spiro atoms. The van der Waals surface area contributed by atoms with E-state index in [1.54, 1.807) is 0 Å². The normalized spacial score (nSPS) is 26.8. The molecule has 2 N–H and O–H groups in total. The highest BCUT2D eigenvalue weighted by molar-refractivity contribution is 5.80. The molecular weight excluding hydrogens is 362 g/mol. The molecule has 29 heavy (non-hydrogen) atoms. The van der Waals surface area contributed by atoms with Crippen molar-refractivity contribution in [1.82, 2.24) is 20.4 Å². The van der Waals surface area contributed by atoms with E-state index in [4.69, 9.17) is 4.74 Å². The first kappa shape index (κ1) is 22.1. The van der Waals surface area contributed by atoms with Crippen LogP contribution >= 0.6 is 0 Å². The zero-order valence-electron chi connectivity index (χ0n) is 18.8. The van der Waals surface area contributed by atoms with Crippen molar-refractivity contribution in [3.63, 3.8) is 0 Å². The fourth-order valence-corrected chi connectivity index (χ4v) is 4.30. The minimum absolute atomic E-state index is 0.326. The molecule has 0 bridgehead atoms. The molecule has 1 aromatic carbocycles. The molecule has 3 unspecified atom stereocenters. The summed E-state index contributed by atoms with van der Waals surface area (Å²) < 4.78 is 5.65. The molecular formula is C23H39N5O. The summed E-state index contributed by atoms with van der Waals surface area (Å²) in [4.78, 5) is 9.46. The number of benzene rings is 1. The van der Waals surface area contributed by atoms with Crippen molar-refractivity contribution in [3.8, 4) is 0 Å². The molecule has 162 valence electrons. The van der Waals surface area contributed by atoms with Crippen molar-refractivity contribution >= 4 is 5.96 Å². The molecule has 0 aliphatic carbocycles. The molecule has 2 aliphatic heterocycles. The number of rotatable bonds is 6. The second-order valence-electron chi connectivity index (χ2n) is 8.94. The second kappa shape index (κ2) is 10.4. The van der Waals surface area contributed by atoms with Gasteiger partial charge in [0.1, 0.15) is 0 Å². The third-order valence-corrected chi connectivity index (χ3v) is 6.10.